The second-order valence-electron chi connectivity index (χ2n) is 2.80. The molecule has 1 aromatic carbocycles. The summed E-state index contributed by atoms with van der Waals surface area (Å²) in [6, 6.07) is 6.86. The fourth-order valence-electron chi connectivity index (χ4n) is 1.17. The third kappa shape index (κ3) is 1.91. The monoisotopic (exact) mass is 189 g/mol. The minimum atomic E-state index is 0.0316. The van der Waals surface area contributed by atoms with Crippen molar-refractivity contribution in [2.45, 2.75) is 13.3 Å². The fraction of sp³-hybridized carbons (Fsp3) is 0.273. The van der Waals surface area contributed by atoms with Crippen molar-refractivity contribution < 1.29 is 9.53 Å². The average molecular weight is 189 g/mol. The predicted molar refractivity (Wildman–Crippen MR) is 52.3 cm³/mol. The molecule has 0 aliphatic rings. The van der Waals surface area contributed by atoms with Gasteiger partial charge in [-0.1, -0.05) is 6.92 Å². The van der Waals surface area contributed by atoms with E-state index in [0.717, 1.165) is 0 Å². The second kappa shape index (κ2) is 4.43. The molecule has 14 heavy (non-hydrogen) atoms. The third-order valence-corrected chi connectivity index (χ3v) is 1.96. The first kappa shape index (κ1) is 10.3. The summed E-state index contributed by atoms with van der Waals surface area (Å²) >= 11 is 0. The summed E-state index contributed by atoms with van der Waals surface area (Å²) in [4.78, 5) is 11.3. The zero-order chi connectivity index (χ0) is 10.6. The highest BCUT2D eigenvalue weighted by molar-refractivity contribution is 5.96. The third-order valence-electron chi connectivity index (χ3n) is 1.96. The zero-order valence-corrected chi connectivity index (χ0v) is 8.20. The normalized spacial score (nSPS) is 9.21. The maximum atomic E-state index is 11.3. The van der Waals surface area contributed by atoms with E-state index in [1.165, 1.54) is 7.11 Å². The van der Waals surface area contributed by atoms with Crippen molar-refractivity contribution in [3.63, 3.8) is 0 Å². The van der Waals surface area contributed by atoms with E-state index in [9.17, 15) is 4.79 Å². The van der Waals surface area contributed by atoms with Crippen LogP contribution in [0.3, 0.4) is 0 Å². The van der Waals surface area contributed by atoms with Gasteiger partial charge in [-0.2, -0.15) is 5.26 Å². The highest BCUT2D eigenvalue weighted by Crippen LogP contribution is 2.19. The van der Waals surface area contributed by atoms with Crippen molar-refractivity contribution in [1.29, 1.82) is 5.26 Å². The molecule has 0 heterocycles. The minimum Gasteiger partial charge on any atom is -0.495 e. The Labute approximate surface area is 82.9 Å². The van der Waals surface area contributed by atoms with Crippen LogP contribution in [0.25, 0.3) is 0 Å². The second-order valence-corrected chi connectivity index (χ2v) is 2.80. The van der Waals surface area contributed by atoms with Crippen LogP contribution in [0, 0.1) is 11.3 Å². The number of hydrogen-bond acceptors (Lipinski definition) is 3. The number of methoxy groups -OCH3 is 1. The topological polar surface area (TPSA) is 50.1 Å². The van der Waals surface area contributed by atoms with Gasteiger partial charge in [0.15, 0.2) is 5.78 Å². The number of hydrogen-bond donors (Lipinski definition) is 0. The largest absolute Gasteiger partial charge is 0.495 e. The summed E-state index contributed by atoms with van der Waals surface area (Å²) in [5.74, 6) is 0.532. The Hall–Kier alpha value is -1.82. The lowest BCUT2D eigenvalue weighted by Gasteiger charge is -2.03. The van der Waals surface area contributed by atoms with Gasteiger partial charge in [0.05, 0.1) is 12.7 Å². The molecule has 0 bridgehead atoms. The van der Waals surface area contributed by atoms with Gasteiger partial charge in [0.2, 0.25) is 0 Å². The van der Waals surface area contributed by atoms with E-state index in [1.807, 2.05) is 6.07 Å². The van der Waals surface area contributed by atoms with Gasteiger partial charge in [-0.3, -0.25) is 4.79 Å². The van der Waals surface area contributed by atoms with Gasteiger partial charge in [0.1, 0.15) is 11.8 Å². The van der Waals surface area contributed by atoms with Gasteiger partial charge in [-0.15, -0.1) is 0 Å². The summed E-state index contributed by atoms with van der Waals surface area (Å²) in [5, 5.41) is 8.79. The van der Waals surface area contributed by atoms with Crippen LogP contribution in [-0.4, -0.2) is 12.9 Å². The molecular weight excluding hydrogens is 178 g/mol. The maximum Gasteiger partial charge on any atom is 0.162 e. The van der Waals surface area contributed by atoms with Crippen molar-refractivity contribution in [3.05, 3.63) is 29.3 Å². The molecular formula is C11H11NO2. The SMILES string of the molecule is CCC(=O)c1ccc(OC)c(C#N)c1. The number of nitrogens with zero attached hydrogens (tertiary/aromatic N) is 1. The number of ketones is 1. The van der Waals surface area contributed by atoms with Crippen molar-refractivity contribution in [1.82, 2.24) is 0 Å². The van der Waals surface area contributed by atoms with E-state index < -0.39 is 0 Å². The molecule has 0 saturated carbocycles. The van der Waals surface area contributed by atoms with Crippen molar-refractivity contribution >= 4 is 5.78 Å². The van der Waals surface area contributed by atoms with Crippen LogP contribution >= 0.6 is 0 Å². The predicted octanol–water partition coefficient (Wildman–Crippen LogP) is 2.16. The lowest BCUT2D eigenvalue weighted by Crippen LogP contribution is -1.98. The number of rotatable bonds is 3. The van der Waals surface area contributed by atoms with E-state index in [0.29, 0.717) is 23.3 Å². The Morgan fingerprint density at radius 3 is 2.79 bits per heavy atom. The Bertz CT molecular complexity index is 391. The number of nitriles is 1. The molecule has 1 aromatic rings. The van der Waals surface area contributed by atoms with Crippen LogP contribution in [0.4, 0.5) is 0 Å². The number of carbonyl (C=O) groups excluding carboxylic acids is 1. The molecule has 3 heteroatoms. The fourth-order valence-corrected chi connectivity index (χ4v) is 1.17. The summed E-state index contributed by atoms with van der Waals surface area (Å²) in [7, 11) is 1.50. The summed E-state index contributed by atoms with van der Waals surface area (Å²) in [5.41, 5.74) is 0.955. The number of ether oxygens (including phenoxy) is 1. The van der Waals surface area contributed by atoms with Crippen molar-refractivity contribution in [2.75, 3.05) is 7.11 Å². The van der Waals surface area contributed by atoms with Gasteiger partial charge in [-0.25, -0.2) is 0 Å². The van der Waals surface area contributed by atoms with Gasteiger partial charge < -0.3 is 4.74 Å². The van der Waals surface area contributed by atoms with E-state index in [4.69, 9.17) is 10.00 Å². The number of benzene rings is 1. The molecule has 0 aliphatic carbocycles. The lowest BCUT2D eigenvalue weighted by atomic mass is 10.1. The lowest BCUT2D eigenvalue weighted by molar-refractivity contribution is 0.0988. The summed E-state index contributed by atoms with van der Waals surface area (Å²) in [6.07, 6.45) is 0.442. The van der Waals surface area contributed by atoms with Crippen LogP contribution in [0.2, 0.25) is 0 Å². The van der Waals surface area contributed by atoms with Gasteiger partial charge in [0.25, 0.3) is 0 Å². The highest BCUT2D eigenvalue weighted by atomic mass is 16.5. The number of Topliss-reactive ketones (excluding diaryl/α,β-unsaturated/α-hetero) is 1. The standard InChI is InChI=1S/C11H11NO2/c1-3-10(13)8-4-5-11(14-2)9(6-8)7-12/h4-6H,3H2,1-2H3. The quantitative estimate of drug-likeness (QED) is 0.684. The van der Waals surface area contributed by atoms with Crippen LogP contribution in [0.5, 0.6) is 5.75 Å². The highest BCUT2D eigenvalue weighted by Gasteiger charge is 2.07. The van der Waals surface area contributed by atoms with E-state index in [-0.39, 0.29) is 5.78 Å². The molecule has 0 N–H and O–H groups in total. The Morgan fingerprint density at radius 2 is 2.29 bits per heavy atom. The average Bonchev–Trinajstić information content (AvgIpc) is 2.26. The molecule has 0 spiro atoms. The van der Waals surface area contributed by atoms with Crippen LogP contribution in [-0.2, 0) is 0 Å². The number of carbonyl (C=O) groups is 1. The summed E-state index contributed by atoms with van der Waals surface area (Å²) < 4.78 is 4.97. The molecule has 0 saturated heterocycles. The zero-order valence-electron chi connectivity index (χ0n) is 8.20. The van der Waals surface area contributed by atoms with E-state index in [1.54, 1.807) is 25.1 Å². The van der Waals surface area contributed by atoms with Crippen molar-refractivity contribution in [3.8, 4) is 11.8 Å². The Kier molecular flexibility index (Phi) is 3.24. The molecule has 0 fully saturated rings. The molecule has 0 amide bonds. The van der Waals surface area contributed by atoms with E-state index >= 15 is 0 Å². The molecule has 0 aliphatic heterocycles. The molecule has 0 aromatic heterocycles. The first-order chi connectivity index (χ1) is 6.72. The van der Waals surface area contributed by atoms with Gasteiger partial charge in [-0.05, 0) is 18.2 Å². The molecule has 0 atom stereocenters. The van der Waals surface area contributed by atoms with Crippen LogP contribution in [0.15, 0.2) is 18.2 Å². The smallest absolute Gasteiger partial charge is 0.162 e. The Morgan fingerprint density at radius 1 is 1.57 bits per heavy atom. The Balaban J connectivity index is 3.15. The van der Waals surface area contributed by atoms with Gasteiger partial charge in [0, 0.05) is 12.0 Å². The van der Waals surface area contributed by atoms with Crippen LogP contribution in [0.1, 0.15) is 29.3 Å². The molecule has 1 rings (SSSR count). The van der Waals surface area contributed by atoms with Crippen molar-refractivity contribution in [2.24, 2.45) is 0 Å². The first-order valence-electron chi connectivity index (χ1n) is 4.34. The molecule has 0 unspecified atom stereocenters. The molecule has 72 valence electrons. The molecule has 0 radical (unpaired) electrons. The van der Waals surface area contributed by atoms with Gasteiger partial charge >= 0.3 is 0 Å². The van der Waals surface area contributed by atoms with E-state index in [2.05, 4.69) is 0 Å². The first-order valence-corrected chi connectivity index (χ1v) is 4.34. The molecule has 3 nitrogen and oxygen atoms in total. The minimum absolute atomic E-state index is 0.0316. The maximum absolute atomic E-state index is 11.3. The van der Waals surface area contributed by atoms with Crippen LogP contribution < -0.4 is 4.74 Å². The summed E-state index contributed by atoms with van der Waals surface area (Å²) in [6.45, 7) is 1.79.